The number of ether oxygens (including phenoxy) is 1. The van der Waals surface area contributed by atoms with Crippen LogP contribution in [0.3, 0.4) is 0 Å². The zero-order chi connectivity index (χ0) is 24.5. The third-order valence-corrected chi connectivity index (χ3v) is 5.04. The van der Waals surface area contributed by atoms with E-state index in [1.54, 1.807) is 31.2 Å². The predicted octanol–water partition coefficient (Wildman–Crippen LogP) is 2.03. The molecular weight excluding hydrogens is 432 g/mol. The van der Waals surface area contributed by atoms with Gasteiger partial charge in [-0.1, -0.05) is 18.2 Å². The lowest BCUT2D eigenvalue weighted by Gasteiger charge is -2.20. The molecule has 0 fully saturated rings. The number of anilines is 1. The largest absolute Gasteiger partial charge is 0.504 e. The zero-order valence-corrected chi connectivity index (χ0v) is 18.4. The van der Waals surface area contributed by atoms with E-state index >= 15 is 0 Å². The van der Waals surface area contributed by atoms with Crippen LogP contribution in [0.4, 0.5) is 5.69 Å². The summed E-state index contributed by atoms with van der Waals surface area (Å²) >= 11 is 0. The first-order chi connectivity index (χ1) is 15.6. The van der Waals surface area contributed by atoms with Gasteiger partial charge in [0.1, 0.15) is 6.04 Å². The summed E-state index contributed by atoms with van der Waals surface area (Å²) in [5.74, 6) is -3.59. The average Bonchev–Trinajstić information content (AvgIpc) is 2.79. The number of carbonyl (C=O) groups excluding carboxylic acids is 2. The molecule has 0 amide bonds. The molecule has 178 valence electrons. The van der Waals surface area contributed by atoms with Crippen molar-refractivity contribution in [3.05, 3.63) is 47.5 Å². The number of phenols is 3. The smallest absolute Gasteiger partial charge is 0.327 e. The van der Waals surface area contributed by atoms with E-state index in [0.29, 0.717) is 24.1 Å². The Labute approximate surface area is 190 Å². The van der Waals surface area contributed by atoms with E-state index in [2.05, 4.69) is 15.4 Å². The summed E-state index contributed by atoms with van der Waals surface area (Å²) in [7, 11) is 1.25. The second-order valence-corrected chi connectivity index (χ2v) is 7.45. The highest BCUT2D eigenvalue weighted by atomic mass is 16.5. The molecule has 6 N–H and O–H groups in total. The van der Waals surface area contributed by atoms with Crippen molar-refractivity contribution in [2.75, 3.05) is 19.0 Å². The summed E-state index contributed by atoms with van der Waals surface area (Å²) in [5.41, 5.74) is 1.01. The number of para-hydroxylation sites is 1. The van der Waals surface area contributed by atoms with Crippen LogP contribution in [0, 0.1) is 0 Å². The number of phenolic OH excluding ortho intramolecular Hbond substituents is 3. The fourth-order valence-electron chi connectivity index (χ4n) is 3.28. The number of rotatable bonds is 12. The molecule has 2 aromatic carbocycles. The van der Waals surface area contributed by atoms with E-state index in [-0.39, 0.29) is 12.1 Å². The lowest BCUT2D eigenvalue weighted by atomic mass is 9.99. The zero-order valence-electron chi connectivity index (χ0n) is 18.4. The van der Waals surface area contributed by atoms with Gasteiger partial charge in [0.25, 0.3) is 0 Å². The first-order valence-electron chi connectivity index (χ1n) is 10.3. The van der Waals surface area contributed by atoms with E-state index in [0.717, 1.165) is 0 Å². The van der Waals surface area contributed by atoms with Crippen LogP contribution < -0.4 is 10.6 Å². The molecule has 10 heteroatoms. The summed E-state index contributed by atoms with van der Waals surface area (Å²) < 4.78 is 4.69. The molecule has 0 radical (unpaired) electrons. The summed E-state index contributed by atoms with van der Waals surface area (Å²) in [6.07, 6.45) is 0.279. The van der Waals surface area contributed by atoms with Gasteiger partial charge in [-0.05, 0) is 50.1 Å². The number of Topliss-reactive ketones (excluding diaryl/α,β-unsaturated/α-hetero) is 1. The average molecular weight is 460 g/mol. The van der Waals surface area contributed by atoms with Gasteiger partial charge in [-0.25, -0.2) is 4.79 Å². The van der Waals surface area contributed by atoms with Gasteiger partial charge in [-0.3, -0.25) is 9.59 Å². The molecule has 0 aromatic heterocycles. The third-order valence-electron chi connectivity index (χ3n) is 5.04. The van der Waals surface area contributed by atoms with Gasteiger partial charge in [-0.15, -0.1) is 0 Å². The number of carboxylic acid groups (broad SMARTS) is 1. The molecule has 0 saturated carbocycles. The number of aliphatic carboxylic acids is 1. The Kier molecular flexibility index (Phi) is 9.05. The highest BCUT2D eigenvalue weighted by Crippen LogP contribution is 2.37. The monoisotopic (exact) mass is 460 g/mol. The lowest BCUT2D eigenvalue weighted by Crippen LogP contribution is -2.40. The molecular formula is C23H28N2O8. The topological polar surface area (TPSA) is 165 Å². The standard InChI is InChI=1S/C23H28N2O8/c1-13(23(32)33-2)25-16-8-4-3-7-15(16)21(30)17(12-19(27)28)24-11-5-6-14-9-10-18(26)22(31)20(14)29/h3-4,7-10,13,17,24-26,29,31H,5-6,11-12H2,1-2H3,(H,27,28)/t13?,17-/m0/s1. The molecule has 0 aliphatic rings. The van der Waals surface area contributed by atoms with E-state index in [9.17, 15) is 34.8 Å². The Hall–Kier alpha value is -3.79. The Bertz CT molecular complexity index is 1010. The van der Waals surface area contributed by atoms with Crippen molar-refractivity contribution in [2.45, 2.75) is 38.3 Å². The van der Waals surface area contributed by atoms with Gasteiger partial charge in [0.05, 0.1) is 19.6 Å². The maximum absolute atomic E-state index is 13.1. The number of hydrogen-bond acceptors (Lipinski definition) is 9. The number of aromatic hydroxyl groups is 3. The molecule has 2 atom stereocenters. The van der Waals surface area contributed by atoms with Gasteiger partial charge in [0, 0.05) is 11.3 Å². The number of nitrogens with one attached hydrogen (secondary N) is 2. The highest BCUT2D eigenvalue weighted by molar-refractivity contribution is 6.06. The molecule has 0 spiro atoms. The number of ketones is 1. The van der Waals surface area contributed by atoms with E-state index in [1.165, 1.54) is 19.2 Å². The van der Waals surface area contributed by atoms with Gasteiger partial charge in [0.15, 0.2) is 17.3 Å². The quantitative estimate of drug-likeness (QED) is 0.119. The van der Waals surface area contributed by atoms with E-state index in [4.69, 9.17) is 0 Å². The van der Waals surface area contributed by atoms with E-state index < -0.39 is 53.5 Å². The lowest BCUT2D eigenvalue weighted by molar-refractivity contribution is -0.141. The second kappa shape index (κ2) is 11.7. The molecule has 2 rings (SSSR count). The maximum Gasteiger partial charge on any atom is 0.327 e. The fraction of sp³-hybridized carbons (Fsp3) is 0.348. The molecule has 0 saturated heterocycles. The number of carboxylic acids is 1. The number of benzene rings is 2. The summed E-state index contributed by atoms with van der Waals surface area (Å²) in [6.45, 7) is 1.83. The molecule has 2 aromatic rings. The SMILES string of the molecule is COC(=O)C(C)Nc1ccccc1C(=O)[C@H](CC(=O)O)NCCCc1ccc(O)c(O)c1O. The fourth-order valence-corrected chi connectivity index (χ4v) is 3.28. The van der Waals surface area contributed by atoms with Crippen molar-refractivity contribution >= 4 is 23.4 Å². The van der Waals surface area contributed by atoms with Gasteiger partial charge < -0.3 is 35.8 Å². The molecule has 33 heavy (non-hydrogen) atoms. The van der Waals surface area contributed by atoms with Crippen LogP contribution in [0.5, 0.6) is 17.2 Å². The minimum atomic E-state index is -1.16. The van der Waals surface area contributed by atoms with Crippen LogP contribution in [0.1, 0.15) is 35.7 Å². The van der Waals surface area contributed by atoms with Gasteiger partial charge in [0.2, 0.25) is 5.75 Å². The Balaban J connectivity index is 2.09. The predicted molar refractivity (Wildman–Crippen MR) is 120 cm³/mol. The van der Waals surface area contributed by atoms with Crippen LogP contribution in [-0.2, 0) is 20.7 Å². The number of aryl methyl sites for hydroxylation is 1. The van der Waals surface area contributed by atoms with Crippen LogP contribution in [0.2, 0.25) is 0 Å². The molecule has 0 aliphatic heterocycles. The van der Waals surface area contributed by atoms with Crippen molar-refractivity contribution in [1.82, 2.24) is 5.32 Å². The maximum atomic E-state index is 13.1. The van der Waals surface area contributed by atoms with Crippen LogP contribution in [-0.4, -0.2) is 63.9 Å². The highest BCUT2D eigenvalue weighted by Gasteiger charge is 2.25. The van der Waals surface area contributed by atoms with Gasteiger partial charge >= 0.3 is 11.9 Å². The molecule has 0 aliphatic carbocycles. The van der Waals surface area contributed by atoms with Crippen molar-refractivity contribution < 1.29 is 39.5 Å². The summed E-state index contributed by atoms with van der Waals surface area (Å²) in [4.78, 5) is 36.2. The molecule has 10 nitrogen and oxygen atoms in total. The number of carbonyl (C=O) groups is 3. The van der Waals surface area contributed by atoms with Crippen LogP contribution in [0.25, 0.3) is 0 Å². The van der Waals surface area contributed by atoms with Crippen molar-refractivity contribution in [1.29, 1.82) is 0 Å². The minimum absolute atomic E-state index is 0.230. The Morgan fingerprint density at radius 1 is 1.03 bits per heavy atom. The number of hydrogen-bond donors (Lipinski definition) is 6. The normalized spacial score (nSPS) is 12.5. The summed E-state index contributed by atoms with van der Waals surface area (Å²) in [5, 5.41) is 44.0. The first-order valence-corrected chi connectivity index (χ1v) is 10.3. The van der Waals surface area contributed by atoms with Crippen LogP contribution >= 0.6 is 0 Å². The first kappa shape index (κ1) is 25.5. The second-order valence-electron chi connectivity index (χ2n) is 7.45. The molecule has 0 heterocycles. The number of methoxy groups -OCH3 is 1. The Morgan fingerprint density at radius 3 is 2.39 bits per heavy atom. The minimum Gasteiger partial charge on any atom is -0.504 e. The Morgan fingerprint density at radius 2 is 1.73 bits per heavy atom. The summed E-state index contributed by atoms with van der Waals surface area (Å²) in [6, 6.07) is 7.46. The third kappa shape index (κ3) is 6.84. The van der Waals surface area contributed by atoms with Crippen molar-refractivity contribution in [2.24, 2.45) is 0 Å². The van der Waals surface area contributed by atoms with Crippen molar-refractivity contribution in [3.8, 4) is 17.2 Å². The molecule has 0 bridgehead atoms. The van der Waals surface area contributed by atoms with Gasteiger partial charge in [-0.2, -0.15) is 0 Å². The van der Waals surface area contributed by atoms with Crippen LogP contribution in [0.15, 0.2) is 36.4 Å². The van der Waals surface area contributed by atoms with Crippen molar-refractivity contribution in [3.63, 3.8) is 0 Å². The van der Waals surface area contributed by atoms with E-state index in [1.807, 2.05) is 0 Å². The number of esters is 1. The molecule has 1 unspecified atom stereocenters.